The van der Waals surface area contributed by atoms with Crippen molar-refractivity contribution in [1.82, 2.24) is 14.7 Å². The highest BCUT2D eigenvalue weighted by atomic mass is 16.5. The maximum absolute atomic E-state index is 10.4. The highest BCUT2D eigenvalue weighted by Crippen LogP contribution is 2.35. The van der Waals surface area contributed by atoms with E-state index in [1.54, 1.807) is 0 Å². The van der Waals surface area contributed by atoms with Crippen molar-refractivity contribution in [3.63, 3.8) is 0 Å². The zero-order valence-electron chi connectivity index (χ0n) is 15.7. The average molecular weight is 343 g/mol. The smallest absolute Gasteiger partial charge is 0.119 e. The van der Waals surface area contributed by atoms with E-state index in [2.05, 4.69) is 30.8 Å². The molecule has 2 atom stereocenters. The molecule has 1 fully saturated rings. The van der Waals surface area contributed by atoms with Crippen LogP contribution in [0.1, 0.15) is 41.4 Å². The van der Waals surface area contributed by atoms with Gasteiger partial charge in [-0.3, -0.25) is 9.58 Å². The largest absolute Gasteiger partial charge is 0.491 e. The molecule has 0 radical (unpaired) electrons. The summed E-state index contributed by atoms with van der Waals surface area (Å²) in [4.78, 5) is 2.38. The number of β-amino-alcohol motifs (C(OH)–C–C–N with tert-alkyl or cyclic N) is 1. The van der Waals surface area contributed by atoms with Crippen LogP contribution in [-0.4, -0.2) is 45.6 Å². The standard InChI is InChI=1S/C20H29N3O2/c1-14-7-9-18(10-8-14)25-13-17(24)12-23-11-5-6-19(23)20-15(2)21-22(4)16(20)3/h7-10,17,19,24H,5-6,11-13H2,1-4H3/t17-,19+/m1/s1. The molecule has 1 aliphatic rings. The summed E-state index contributed by atoms with van der Waals surface area (Å²) in [6, 6.07) is 8.28. The molecule has 1 aromatic heterocycles. The van der Waals surface area contributed by atoms with Crippen LogP contribution < -0.4 is 4.74 Å². The lowest BCUT2D eigenvalue weighted by Crippen LogP contribution is -2.35. The number of aryl methyl sites for hydroxylation is 3. The van der Waals surface area contributed by atoms with Crippen LogP contribution in [0.15, 0.2) is 24.3 Å². The van der Waals surface area contributed by atoms with Crippen molar-refractivity contribution in [3.05, 3.63) is 46.8 Å². The molecule has 1 aromatic carbocycles. The lowest BCUT2D eigenvalue weighted by molar-refractivity contribution is 0.0637. The number of ether oxygens (including phenoxy) is 1. The van der Waals surface area contributed by atoms with Crippen LogP contribution in [-0.2, 0) is 7.05 Å². The van der Waals surface area contributed by atoms with Gasteiger partial charge in [0.05, 0.1) is 5.69 Å². The first-order chi connectivity index (χ1) is 12.0. The van der Waals surface area contributed by atoms with E-state index >= 15 is 0 Å². The Labute approximate surface area is 150 Å². The van der Waals surface area contributed by atoms with Crippen LogP contribution in [0.2, 0.25) is 0 Å². The lowest BCUT2D eigenvalue weighted by Gasteiger charge is -2.27. The highest BCUT2D eigenvalue weighted by Gasteiger charge is 2.31. The van der Waals surface area contributed by atoms with Gasteiger partial charge in [0.15, 0.2) is 0 Å². The van der Waals surface area contributed by atoms with Gasteiger partial charge in [-0.2, -0.15) is 5.10 Å². The minimum absolute atomic E-state index is 0.317. The zero-order chi connectivity index (χ0) is 18.0. The number of nitrogens with zero attached hydrogens (tertiary/aromatic N) is 3. The second-order valence-electron chi connectivity index (χ2n) is 7.14. The molecule has 2 aromatic rings. The van der Waals surface area contributed by atoms with Gasteiger partial charge < -0.3 is 9.84 Å². The van der Waals surface area contributed by atoms with Crippen molar-refractivity contribution in [2.24, 2.45) is 7.05 Å². The topological polar surface area (TPSA) is 50.5 Å². The molecule has 136 valence electrons. The number of aliphatic hydroxyl groups is 1. The maximum Gasteiger partial charge on any atom is 0.119 e. The first kappa shape index (κ1) is 18.0. The molecule has 0 amide bonds. The fraction of sp³-hybridized carbons (Fsp3) is 0.550. The predicted octanol–water partition coefficient (Wildman–Crippen LogP) is 2.92. The third-order valence-corrected chi connectivity index (χ3v) is 5.17. The Hall–Kier alpha value is -1.85. The fourth-order valence-electron chi connectivity index (χ4n) is 3.79. The molecule has 5 heteroatoms. The van der Waals surface area contributed by atoms with E-state index in [0.29, 0.717) is 19.2 Å². The Morgan fingerprint density at radius 3 is 2.60 bits per heavy atom. The highest BCUT2D eigenvalue weighted by molar-refractivity contribution is 5.29. The minimum atomic E-state index is -0.501. The van der Waals surface area contributed by atoms with Gasteiger partial charge >= 0.3 is 0 Å². The summed E-state index contributed by atoms with van der Waals surface area (Å²) in [6.45, 7) is 8.22. The molecule has 1 aliphatic heterocycles. The van der Waals surface area contributed by atoms with Crippen molar-refractivity contribution in [3.8, 4) is 5.75 Å². The number of aromatic nitrogens is 2. The molecule has 25 heavy (non-hydrogen) atoms. The number of hydrogen-bond acceptors (Lipinski definition) is 4. The van der Waals surface area contributed by atoms with Crippen molar-refractivity contribution in [2.75, 3.05) is 19.7 Å². The van der Waals surface area contributed by atoms with E-state index in [9.17, 15) is 5.11 Å². The number of aliphatic hydroxyl groups excluding tert-OH is 1. The lowest BCUT2D eigenvalue weighted by atomic mass is 10.0. The van der Waals surface area contributed by atoms with Crippen molar-refractivity contribution < 1.29 is 9.84 Å². The van der Waals surface area contributed by atoms with Gasteiger partial charge in [0, 0.05) is 30.9 Å². The van der Waals surface area contributed by atoms with E-state index in [1.807, 2.05) is 36.0 Å². The predicted molar refractivity (Wildman–Crippen MR) is 98.9 cm³/mol. The van der Waals surface area contributed by atoms with Crippen molar-refractivity contribution >= 4 is 0 Å². The zero-order valence-corrected chi connectivity index (χ0v) is 15.7. The fourth-order valence-corrected chi connectivity index (χ4v) is 3.79. The SMILES string of the molecule is Cc1ccc(OC[C@H](O)CN2CCC[C@H]2c2c(C)nn(C)c2C)cc1. The number of benzene rings is 1. The molecular weight excluding hydrogens is 314 g/mol. The second-order valence-corrected chi connectivity index (χ2v) is 7.14. The molecule has 1 saturated heterocycles. The number of rotatable bonds is 6. The molecule has 0 aliphatic carbocycles. The van der Waals surface area contributed by atoms with Gasteiger partial charge in [-0.25, -0.2) is 0 Å². The Balaban J connectivity index is 1.60. The van der Waals surface area contributed by atoms with Crippen LogP contribution in [0.5, 0.6) is 5.75 Å². The Morgan fingerprint density at radius 1 is 1.24 bits per heavy atom. The maximum atomic E-state index is 10.4. The van der Waals surface area contributed by atoms with E-state index in [-0.39, 0.29) is 0 Å². The Bertz CT molecular complexity index is 708. The summed E-state index contributed by atoms with van der Waals surface area (Å²) in [6.07, 6.45) is 1.78. The normalized spacial score (nSPS) is 19.3. The summed E-state index contributed by atoms with van der Waals surface area (Å²) in [5.74, 6) is 0.807. The van der Waals surface area contributed by atoms with Gasteiger partial charge in [0.1, 0.15) is 18.5 Å². The quantitative estimate of drug-likeness (QED) is 0.876. The van der Waals surface area contributed by atoms with Gasteiger partial charge in [-0.1, -0.05) is 17.7 Å². The molecule has 0 spiro atoms. The third-order valence-electron chi connectivity index (χ3n) is 5.17. The van der Waals surface area contributed by atoms with Crippen LogP contribution in [0, 0.1) is 20.8 Å². The summed E-state index contributed by atoms with van der Waals surface area (Å²) < 4.78 is 7.69. The molecule has 1 N–H and O–H groups in total. The second kappa shape index (κ2) is 7.58. The molecule has 2 heterocycles. The van der Waals surface area contributed by atoms with Crippen molar-refractivity contribution in [1.29, 1.82) is 0 Å². The summed E-state index contributed by atoms with van der Waals surface area (Å²) in [7, 11) is 2.00. The summed E-state index contributed by atoms with van der Waals surface area (Å²) in [5.41, 5.74) is 4.85. The van der Waals surface area contributed by atoms with Crippen LogP contribution >= 0.6 is 0 Å². The molecule has 0 unspecified atom stereocenters. The first-order valence-corrected chi connectivity index (χ1v) is 9.07. The van der Waals surface area contributed by atoms with E-state index < -0.39 is 6.10 Å². The Morgan fingerprint density at radius 2 is 1.96 bits per heavy atom. The van der Waals surface area contributed by atoms with Gasteiger partial charge in [-0.05, 0) is 52.3 Å². The molecule has 3 rings (SSSR count). The molecular formula is C20H29N3O2. The molecule has 0 saturated carbocycles. The van der Waals surface area contributed by atoms with E-state index in [1.165, 1.54) is 16.8 Å². The van der Waals surface area contributed by atoms with Gasteiger partial charge in [0.25, 0.3) is 0 Å². The average Bonchev–Trinajstić information content (AvgIpc) is 3.11. The van der Waals surface area contributed by atoms with E-state index in [4.69, 9.17) is 4.74 Å². The molecule has 0 bridgehead atoms. The van der Waals surface area contributed by atoms with Gasteiger partial charge in [-0.15, -0.1) is 0 Å². The Kier molecular flexibility index (Phi) is 5.45. The van der Waals surface area contributed by atoms with Crippen molar-refractivity contribution in [2.45, 2.75) is 45.8 Å². The van der Waals surface area contributed by atoms with Crippen LogP contribution in [0.25, 0.3) is 0 Å². The third kappa shape index (κ3) is 4.05. The minimum Gasteiger partial charge on any atom is -0.491 e. The van der Waals surface area contributed by atoms with Crippen LogP contribution in [0.3, 0.4) is 0 Å². The molecule has 5 nitrogen and oxygen atoms in total. The van der Waals surface area contributed by atoms with E-state index in [0.717, 1.165) is 30.8 Å². The summed E-state index contributed by atoms with van der Waals surface area (Å²) >= 11 is 0. The first-order valence-electron chi connectivity index (χ1n) is 9.07. The summed E-state index contributed by atoms with van der Waals surface area (Å²) in [5, 5.41) is 15.0. The van der Waals surface area contributed by atoms with Crippen LogP contribution in [0.4, 0.5) is 0 Å². The monoisotopic (exact) mass is 343 g/mol. The van der Waals surface area contributed by atoms with Gasteiger partial charge in [0.2, 0.25) is 0 Å². The number of hydrogen-bond donors (Lipinski definition) is 1. The number of likely N-dealkylation sites (tertiary alicyclic amines) is 1.